The zero-order valence-corrected chi connectivity index (χ0v) is 8.14. The van der Waals surface area contributed by atoms with E-state index in [1.807, 2.05) is 6.07 Å². The molecular formula is C11H9NO3. The topological polar surface area (TPSA) is 52.3 Å². The molecule has 0 N–H and O–H groups in total. The second-order valence-electron chi connectivity index (χ2n) is 2.99. The van der Waals surface area contributed by atoms with Gasteiger partial charge in [-0.05, 0) is 19.1 Å². The highest BCUT2D eigenvalue weighted by molar-refractivity contribution is 5.90. The lowest BCUT2D eigenvalue weighted by molar-refractivity contribution is 0.0681. The zero-order chi connectivity index (χ0) is 10.7. The van der Waals surface area contributed by atoms with E-state index in [2.05, 4.69) is 4.98 Å². The predicted molar refractivity (Wildman–Crippen MR) is 52.6 cm³/mol. The first-order chi connectivity index (χ1) is 7.25. The standard InChI is InChI=1S/C11H9NO3/c1-8-7-12-11(14-8)15-10(13)9-5-3-2-4-6-9/h2-7H,1H3. The Bertz CT molecular complexity index is 462. The van der Waals surface area contributed by atoms with Crippen molar-refractivity contribution in [2.24, 2.45) is 0 Å². The van der Waals surface area contributed by atoms with Crippen LogP contribution in [0.4, 0.5) is 0 Å². The molecule has 0 aliphatic heterocycles. The molecule has 0 amide bonds. The molecule has 1 aromatic carbocycles. The molecule has 4 nitrogen and oxygen atoms in total. The summed E-state index contributed by atoms with van der Waals surface area (Å²) in [6, 6.07) is 8.68. The lowest BCUT2D eigenvalue weighted by Gasteiger charge is -1.98. The number of aryl methyl sites for hydroxylation is 1. The fourth-order valence-corrected chi connectivity index (χ4v) is 1.09. The summed E-state index contributed by atoms with van der Waals surface area (Å²) in [6.07, 6.45) is 1.47. The Hall–Kier alpha value is -2.10. The highest BCUT2D eigenvalue weighted by Crippen LogP contribution is 2.12. The molecule has 2 rings (SSSR count). The monoisotopic (exact) mass is 203 g/mol. The summed E-state index contributed by atoms with van der Waals surface area (Å²) in [5, 5.41) is 0. The number of benzene rings is 1. The van der Waals surface area contributed by atoms with Gasteiger partial charge >= 0.3 is 12.0 Å². The van der Waals surface area contributed by atoms with Crippen LogP contribution in [0.1, 0.15) is 16.1 Å². The van der Waals surface area contributed by atoms with E-state index in [1.165, 1.54) is 6.20 Å². The van der Waals surface area contributed by atoms with Crippen LogP contribution in [0.3, 0.4) is 0 Å². The van der Waals surface area contributed by atoms with Gasteiger partial charge in [0, 0.05) is 0 Å². The van der Waals surface area contributed by atoms with E-state index in [0.29, 0.717) is 11.3 Å². The van der Waals surface area contributed by atoms with Crippen LogP contribution in [0.5, 0.6) is 6.08 Å². The normalized spacial score (nSPS) is 9.93. The molecule has 0 atom stereocenters. The largest absolute Gasteiger partial charge is 0.414 e. The highest BCUT2D eigenvalue weighted by atomic mass is 16.6. The minimum Gasteiger partial charge on any atom is -0.414 e. The average molecular weight is 203 g/mol. The number of hydrogen-bond acceptors (Lipinski definition) is 4. The highest BCUT2D eigenvalue weighted by Gasteiger charge is 2.10. The van der Waals surface area contributed by atoms with Crippen LogP contribution in [0.25, 0.3) is 0 Å². The minimum atomic E-state index is -0.475. The van der Waals surface area contributed by atoms with Gasteiger partial charge in [0.05, 0.1) is 11.8 Å². The van der Waals surface area contributed by atoms with Gasteiger partial charge in [0.25, 0.3) is 0 Å². The Kier molecular flexibility index (Phi) is 2.49. The number of aromatic nitrogens is 1. The van der Waals surface area contributed by atoms with Gasteiger partial charge in [-0.25, -0.2) is 4.79 Å². The van der Waals surface area contributed by atoms with Crippen molar-refractivity contribution in [1.29, 1.82) is 0 Å². The number of hydrogen-bond donors (Lipinski definition) is 0. The summed E-state index contributed by atoms with van der Waals surface area (Å²) in [5.74, 6) is 0.128. The van der Waals surface area contributed by atoms with Crippen LogP contribution in [-0.4, -0.2) is 11.0 Å². The molecule has 0 unspecified atom stereocenters. The van der Waals surface area contributed by atoms with E-state index in [9.17, 15) is 4.79 Å². The van der Waals surface area contributed by atoms with E-state index < -0.39 is 5.97 Å². The summed E-state index contributed by atoms with van der Waals surface area (Å²) in [6.45, 7) is 1.73. The molecule has 0 fully saturated rings. The maximum absolute atomic E-state index is 11.5. The quantitative estimate of drug-likeness (QED) is 0.702. The van der Waals surface area contributed by atoms with Crippen molar-refractivity contribution in [3.8, 4) is 6.08 Å². The molecule has 76 valence electrons. The van der Waals surface area contributed by atoms with Crippen LogP contribution < -0.4 is 4.74 Å². The van der Waals surface area contributed by atoms with Crippen molar-refractivity contribution >= 4 is 5.97 Å². The Morgan fingerprint density at radius 2 is 2.07 bits per heavy atom. The Balaban J connectivity index is 2.11. The fraction of sp³-hybridized carbons (Fsp3) is 0.0909. The first-order valence-electron chi connectivity index (χ1n) is 4.45. The molecule has 0 radical (unpaired) electrons. The number of rotatable bonds is 2. The zero-order valence-electron chi connectivity index (χ0n) is 8.14. The summed E-state index contributed by atoms with van der Waals surface area (Å²) in [4.78, 5) is 15.3. The SMILES string of the molecule is Cc1cnc(OC(=O)c2ccccc2)o1. The van der Waals surface area contributed by atoms with Crippen molar-refractivity contribution in [2.45, 2.75) is 6.92 Å². The van der Waals surface area contributed by atoms with E-state index in [0.717, 1.165) is 0 Å². The molecule has 4 heteroatoms. The maximum Gasteiger partial charge on any atom is 0.401 e. The van der Waals surface area contributed by atoms with Crippen molar-refractivity contribution in [1.82, 2.24) is 4.98 Å². The number of nitrogens with zero attached hydrogens (tertiary/aromatic N) is 1. The number of carbonyl (C=O) groups excluding carboxylic acids is 1. The predicted octanol–water partition coefficient (Wildman–Crippen LogP) is 2.20. The molecule has 0 spiro atoms. The second kappa shape index (κ2) is 3.96. The molecule has 0 aliphatic rings. The third-order valence-corrected chi connectivity index (χ3v) is 1.79. The van der Waals surface area contributed by atoms with Crippen molar-refractivity contribution < 1.29 is 13.9 Å². The van der Waals surface area contributed by atoms with Crippen LogP contribution >= 0.6 is 0 Å². The summed E-state index contributed by atoms with van der Waals surface area (Å²) >= 11 is 0. The molecule has 0 bridgehead atoms. The van der Waals surface area contributed by atoms with Gasteiger partial charge in [-0.3, -0.25) is 0 Å². The molecule has 0 aliphatic carbocycles. The van der Waals surface area contributed by atoms with Crippen molar-refractivity contribution in [2.75, 3.05) is 0 Å². The smallest absolute Gasteiger partial charge is 0.401 e. The molecule has 15 heavy (non-hydrogen) atoms. The summed E-state index contributed by atoms with van der Waals surface area (Å²) in [7, 11) is 0. The van der Waals surface area contributed by atoms with Gasteiger partial charge in [0.1, 0.15) is 5.76 Å². The van der Waals surface area contributed by atoms with Gasteiger partial charge in [-0.1, -0.05) is 18.2 Å². The Morgan fingerprint density at radius 3 is 2.67 bits per heavy atom. The maximum atomic E-state index is 11.5. The number of ether oxygens (including phenoxy) is 1. The first-order valence-corrected chi connectivity index (χ1v) is 4.45. The fourth-order valence-electron chi connectivity index (χ4n) is 1.09. The molecule has 2 aromatic rings. The molecule has 0 saturated carbocycles. The van der Waals surface area contributed by atoms with Crippen LogP contribution in [0.15, 0.2) is 40.9 Å². The average Bonchev–Trinajstić information content (AvgIpc) is 2.65. The lowest BCUT2D eigenvalue weighted by atomic mass is 10.2. The third-order valence-electron chi connectivity index (χ3n) is 1.79. The molecule has 0 saturated heterocycles. The number of carbonyl (C=O) groups is 1. The van der Waals surface area contributed by atoms with Crippen molar-refractivity contribution in [3.05, 3.63) is 47.9 Å². The van der Waals surface area contributed by atoms with E-state index >= 15 is 0 Å². The van der Waals surface area contributed by atoms with Crippen LogP contribution in [0, 0.1) is 6.92 Å². The van der Waals surface area contributed by atoms with E-state index in [4.69, 9.17) is 9.15 Å². The molecule has 1 heterocycles. The molecular weight excluding hydrogens is 194 g/mol. The minimum absolute atomic E-state index is 0.0265. The Labute approximate surface area is 86.5 Å². The second-order valence-corrected chi connectivity index (χ2v) is 2.99. The van der Waals surface area contributed by atoms with Gasteiger partial charge in [0.15, 0.2) is 0 Å². The van der Waals surface area contributed by atoms with Gasteiger partial charge in [-0.2, -0.15) is 4.98 Å². The van der Waals surface area contributed by atoms with Gasteiger partial charge in [0.2, 0.25) is 0 Å². The number of esters is 1. The first kappa shape index (κ1) is 9.45. The van der Waals surface area contributed by atoms with Gasteiger partial charge < -0.3 is 9.15 Å². The van der Waals surface area contributed by atoms with Crippen LogP contribution in [0.2, 0.25) is 0 Å². The van der Waals surface area contributed by atoms with E-state index in [1.54, 1.807) is 31.2 Å². The summed E-state index contributed by atoms with van der Waals surface area (Å²) in [5.41, 5.74) is 0.466. The summed E-state index contributed by atoms with van der Waals surface area (Å²) < 4.78 is 9.93. The number of oxazole rings is 1. The molecule has 1 aromatic heterocycles. The van der Waals surface area contributed by atoms with Crippen LogP contribution in [-0.2, 0) is 0 Å². The van der Waals surface area contributed by atoms with E-state index in [-0.39, 0.29) is 6.08 Å². The third kappa shape index (κ3) is 2.22. The Morgan fingerprint density at radius 1 is 1.33 bits per heavy atom. The lowest BCUT2D eigenvalue weighted by Crippen LogP contribution is -2.08. The van der Waals surface area contributed by atoms with Gasteiger partial charge in [-0.15, -0.1) is 0 Å². The van der Waals surface area contributed by atoms with Crippen molar-refractivity contribution in [3.63, 3.8) is 0 Å².